The van der Waals surface area contributed by atoms with E-state index in [-0.39, 0.29) is 11.9 Å². The van der Waals surface area contributed by atoms with Crippen LogP contribution in [0.4, 0.5) is 0 Å². The molecule has 1 aromatic rings. The van der Waals surface area contributed by atoms with Crippen molar-refractivity contribution < 1.29 is 4.79 Å². The molecule has 0 aliphatic carbocycles. The summed E-state index contributed by atoms with van der Waals surface area (Å²) < 4.78 is 0.791. The Morgan fingerprint density at radius 3 is 2.56 bits per heavy atom. The van der Waals surface area contributed by atoms with Crippen LogP contribution < -0.4 is 5.32 Å². The van der Waals surface area contributed by atoms with E-state index in [1.807, 2.05) is 19.1 Å². The number of rotatable bonds is 3. The Balaban J connectivity index is 2.84. The van der Waals surface area contributed by atoms with E-state index in [1.54, 1.807) is 6.07 Å². The highest BCUT2D eigenvalue weighted by molar-refractivity contribution is 9.10. The van der Waals surface area contributed by atoms with Crippen LogP contribution in [0, 0.1) is 5.92 Å². The Morgan fingerprint density at radius 1 is 1.38 bits per heavy atom. The number of hydrogen-bond donors (Lipinski definition) is 2. The molecule has 0 aliphatic rings. The van der Waals surface area contributed by atoms with Gasteiger partial charge in [-0.15, -0.1) is 12.6 Å². The second kappa shape index (κ2) is 5.73. The van der Waals surface area contributed by atoms with Gasteiger partial charge in [0.25, 0.3) is 5.91 Å². The minimum absolute atomic E-state index is 0.0658. The Labute approximate surface area is 110 Å². The molecule has 0 aromatic heterocycles. The average Bonchev–Trinajstić information content (AvgIpc) is 2.21. The Morgan fingerprint density at radius 2 is 2.00 bits per heavy atom. The van der Waals surface area contributed by atoms with Crippen LogP contribution in [0.3, 0.4) is 0 Å². The predicted octanol–water partition coefficient (Wildman–Crippen LogP) is 3.51. The fourth-order valence-corrected chi connectivity index (χ4v) is 1.77. The molecule has 0 aliphatic heterocycles. The van der Waals surface area contributed by atoms with E-state index in [0.717, 1.165) is 9.37 Å². The fraction of sp³-hybridized carbons (Fsp3) is 0.417. The van der Waals surface area contributed by atoms with E-state index in [9.17, 15) is 4.79 Å². The normalized spacial score (nSPS) is 12.6. The monoisotopic (exact) mass is 301 g/mol. The van der Waals surface area contributed by atoms with E-state index in [0.29, 0.717) is 11.5 Å². The van der Waals surface area contributed by atoms with Crippen LogP contribution in [-0.4, -0.2) is 11.9 Å². The third-order valence-corrected chi connectivity index (χ3v) is 3.52. The summed E-state index contributed by atoms with van der Waals surface area (Å²) in [4.78, 5) is 12.7. The van der Waals surface area contributed by atoms with Crippen molar-refractivity contribution in [2.45, 2.75) is 31.7 Å². The second-order valence-corrected chi connectivity index (χ2v) is 5.54. The van der Waals surface area contributed by atoms with Crippen LogP contribution in [0.1, 0.15) is 31.1 Å². The zero-order chi connectivity index (χ0) is 12.3. The molecule has 1 unspecified atom stereocenters. The molecule has 88 valence electrons. The van der Waals surface area contributed by atoms with Crippen LogP contribution in [0.25, 0.3) is 0 Å². The van der Waals surface area contributed by atoms with Gasteiger partial charge in [0.1, 0.15) is 0 Å². The van der Waals surface area contributed by atoms with Crippen molar-refractivity contribution in [1.29, 1.82) is 0 Å². The molecule has 0 saturated carbocycles. The number of benzene rings is 1. The topological polar surface area (TPSA) is 29.1 Å². The quantitative estimate of drug-likeness (QED) is 0.822. The molecule has 0 radical (unpaired) electrons. The molecule has 2 nitrogen and oxygen atoms in total. The van der Waals surface area contributed by atoms with Crippen LogP contribution in [0.5, 0.6) is 0 Å². The summed E-state index contributed by atoms with van der Waals surface area (Å²) in [5, 5.41) is 2.96. The number of carbonyl (C=O) groups is 1. The summed E-state index contributed by atoms with van der Waals surface area (Å²) in [5.41, 5.74) is 0.625. The van der Waals surface area contributed by atoms with Gasteiger partial charge in [0.05, 0.1) is 5.56 Å². The fourth-order valence-electron chi connectivity index (χ4n) is 1.14. The molecule has 1 rings (SSSR count). The molecule has 1 N–H and O–H groups in total. The van der Waals surface area contributed by atoms with Gasteiger partial charge in [-0.2, -0.15) is 0 Å². The summed E-state index contributed by atoms with van der Waals surface area (Å²) in [6, 6.07) is 5.59. The predicted molar refractivity (Wildman–Crippen MR) is 73.2 cm³/mol. The Hall–Kier alpha value is -0.480. The van der Waals surface area contributed by atoms with Crippen molar-refractivity contribution in [2.24, 2.45) is 5.92 Å². The largest absolute Gasteiger partial charge is 0.349 e. The third-order valence-electron chi connectivity index (χ3n) is 2.55. The third kappa shape index (κ3) is 3.52. The lowest BCUT2D eigenvalue weighted by Gasteiger charge is -2.18. The van der Waals surface area contributed by atoms with Gasteiger partial charge in [-0.05, 0) is 47.0 Å². The summed E-state index contributed by atoms with van der Waals surface area (Å²) in [6.45, 7) is 6.16. The van der Waals surface area contributed by atoms with Crippen LogP contribution in [-0.2, 0) is 0 Å². The number of carbonyl (C=O) groups excluding carboxylic acids is 1. The first-order chi connectivity index (χ1) is 7.41. The molecular weight excluding hydrogens is 286 g/mol. The van der Waals surface area contributed by atoms with Crippen LogP contribution >= 0.6 is 28.6 Å². The maximum absolute atomic E-state index is 12.0. The molecule has 1 atom stereocenters. The summed E-state index contributed by atoms with van der Waals surface area (Å²) in [5.74, 6) is 0.353. The highest BCUT2D eigenvalue weighted by atomic mass is 79.9. The van der Waals surface area contributed by atoms with E-state index in [1.165, 1.54) is 0 Å². The van der Waals surface area contributed by atoms with E-state index >= 15 is 0 Å². The van der Waals surface area contributed by atoms with Crippen molar-refractivity contribution in [1.82, 2.24) is 5.32 Å². The molecule has 0 heterocycles. The first kappa shape index (κ1) is 13.6. The summed E-state index contributed by atoms with van der Waals surface area (Å²) in [7, 11) is 0. The van der Waals surface area contributed by atoms with Gasteiger partial charge in [0, 0.05) is 15.4 Å². The molecular formula is C12H16BrNOS. The molecule has 0 bridgehead atoms. The highest BCUT2D eigenvalue weighted by Gasteiger charge is 2.14. The number of amides is 1. The molecule has 0 saturated heterocycles. The van der Waals surface area contributed by atoms with E-state index in [2.05, 4.69) is 47.7 Å². The van der Waals surface area contributed by atoms with Gasteiger partial charge in [-0.1, -0.05) is 13.8 Å². The second-order valence-electron chi connectivity index (χ2n) is 4.17. The Kier molecular flexibility index (Phi) is 4.87. The lowest BCUT2D eigenvalue weighted by atomic mass is 10.1. The molecule has 1 amide bonds. The van der Waals surface area contributed by atoms with E-state index in [4.69, 9.17) is 0 Å². The molecule has 0 fully saturated rings. The molecule has 0 spiro atoms. The van der Waals surface area contributed by atoms with Crippen molar-refractivity contribution in [3.8, 4) is 0 Å². The van der Waals surface area contributed by atoms with E-state index < -0.39 is 0 Å². The van der Waals surface area contributed by atoms with Gasteiger partial charge in [-0.25, -0.2) is 0 Å². The standard InChI is InChI=1S/C12H16BrNOS/c1-7(2)8(3)14-12(15)10-6-9(16)4-5-11(10)13/h4-8,16H,1-3H3,(H,14,15). The maximum atomic E-state index is 12.0. The summed E-state index contributed by atoms with van der Waals surface area (Å²) in [6.07, 6.45) is 0. The van der Waals surface area contributed by atoms with Gasteiger partial charge in [0.2, 0.25) is 0 Å². The first-order valence-corrected chi connectivity index (χ1v) is 6.45. The zero-order valence-electron chi connectivity index (χ0n) is 9.62. The number of nitrogens with one attached hydrogen (secondary N) is 1. The molecule has 4 heteroatoms. The zero-order valence-corrected chi connectivity index (χ0v) is 12.1. The van der Waals surface area contributed by atoms with Crippen molar-refractivity contribution in [3.05, 3.63) is 28.2 Å². The molecule has 16 heavy (non-hydrogen) atoms. The number of thiol groups is 1. The Bertz CT molecular complexity index is 393. The van der Waals surface area contributed by atoms with Gasteiger partial charge in [-0.3, -0.25) is 4.79 Å². The number of halogens is 1. The van der Waals surface area contributed by atoms with Gasteiger partial charge >= 0.3 is 0 Å². The SMILES string of the molecule is CC(C)C(C)NC(=O)c1cc(S)ccc1Br. The van der Waals surface area contributed by atoms with Gasteiger partial charge in [0.15, 0.2) is 0 Å². The van der Waals surface area contributed by atoms with Crippen molar-refractivity contribution in [2.75, 3.05) is 0 Å². The average molecular weight is 302 g/mol. The first-order valence-electron chi connectivity index (χ1n) is 5.21. The van der Waals surface area contributed by atoms with Crippen LogP contribution in [0.2, 0.25) is 0 Å². The van der Waals surface area contributed by atoms with Crippen LogP contribution in [0.15, 0.2) is 27.6 Å². The lowest BCUT2D eigenvalue weighted by Crippen LogP contribution is -2.36. The maximum Gasteiger partial charge on any atom is 0.252 e. The minimum Gasteiger partial charge on any atom is -0.349 e. The van der Waals surface area contributed by atoms with Gasteiger partial charge < -0.3 is 5.32 Å². The van der Waals surface area contributed by atoms with Crippen molar-refractivity contribution >= 4 is 34.5 Å². The van der Waals surface area contributed by atoms with Crippen molar-refractivity contribution in [3.63, 3.8) is 0 Å². The summed E-state index contributed by atoms with van der Waals surface area (Å²) >= 11 is 7.59. The molecule has 1 aromatic carbocycles. The lowest BCUT2D eigenvalue weighted by molar-refractivity contribution is 0.0929. The smallest absolute Gasteiger partial charge is 0.252 e. The highest BCUT2D eigenvalue weighted by Crippen LogP contribution is 2.20. The minimum atomic E-state index is -0.0658. The number of hydrogen-bond acceptors (Lipinski definition) is 2.